The van der Waals surface area contributed by atoms with Gasteiger partial charge in [-0.05, 0) is 45.8 Å². The number of hydrogen-bond donors (Lipinski definition) is 1. The Morgan fingerprint density at radius 1 is 1.33 bits per heavy atom. The first-order chi connectivity index (χ1) is 5.76. The summed E-state index contributed by atoms with van der Waals surface area (Å²) < 4.78 is 0. The second kappa shape index (κ2) is 7.56. The molecule has 0 aliphatic rings. The van der Waals surface area contributed by atoms with Gasteiger partial charge in [-0.25, -0.2) is 0 Å². The summed E-state index contributed by atoms with van der Waals surface area (Å²) in [5.41, 5.74) is 5.47. The Hall–Kier alpha value is -0.0800. The highest BCUT2D eigenvalue weighted by atomic mass is 15.1. The maximum atomic E-state index is 5.47. The van der Waals surface area contributed by atoms with E-state index in [4.69, 9.17) is 5.73 Å². The normalized spacial score (nSPS) is 13.8. The molecule has 0 bridgehead atoms. The van der Waals surface area contributed by atoms with Crippen molar-refractivity contribution in [1.82, 2.24) is 4.90 Å². The van der Waals surface area contributed by atoms with E-state index in [1.165, 1.54) is 25.9 Å². The average molecular weight is 172 g/mol. The lowest BCUT2D eigenvalue weighted by atomic mass is 10.1. The van der Waals surface area contributed by atoms with Crippen LogP contribution in [-0.4, -0.2) is 30.6 Å². The molecule has 0 saturated carbocycles. The van der Waals surface area contributed by atoms with Gasteiger partial charge in [-0.3, -0.25) is 0 Å². The predicted molar refractivity (Wildman–Crippen MR) is 55.3 cm³/mol. The zero-order valence-electron chi connectivity index (χ0n) is 8.84. The molecule has 74 valence electrons. The molecule has 0 aliphatic carbocycles. The minimum absolute atomic E-state index is 0.707. The molecule has 0 fully saturated rings. The highest BCUT2D eigenvalue weighted by Gasteiger charge is 2.09. The highest BCUT2D eigenvalue weighted by Crippen LogP contribution is 2.05. The minimum Gasteiger partial charge on any atom is -0.330 e. The molecule has 0 rings (SSSR count). The van der Waals surface area contributed by atoms with Crippen molar-refractivity contribution in [1.29, 1.82) is 0 Å². The van der Waals surface area contributed by atoms with Crippen molar-refractivity contribution in [3.05, 3.63) is 0 Å². The van der Waals surface area contributed by atoms with Crippen LogP contribution in [0.25, 0.3) is 0 Å². The van der Waals surface area contributed by atoms with Crippen LogP contribution in [0.3, 0.4) is 0 Å². The predicted octanol–water partition coefficient (Wildman–Crippen LogP) is 1.85. The van der Waals surface area contributed by atoms with Crippen molar-refractivity contribution in [3.8, 4) is 0 Å². The Balaban J connectivity index is 3.60. The van der Waals surface area contributed by atoms with E-state index >= 15 is 0 Å². The van der Waals surface area contributed by atoms with Gasteiger partial charge in [-0.2, -0.15) is 0 Å². The summed E-state index contributed by atoms with van der Waals surface area (Å²) >= 11 is 0. The molecule has 12 heavy (non-hydrogen) atoms. The molecular weight excluding hydrogens is 148 g/mol. The molecule has 0 aliphatic heterocycles. The Kier molecular flexibility index (Phi) is 7.51. The van der Waals surface area contributed by atoms with E-state index < -0.39 is 0 Å². The average Bonchev–Trinajstić information content (AvgIpc) is 2.10. The van der Waals surface area contributed by atoms with E-state index in [0.717, 1.165) is 13.0 Å². The molecule has 1 atom stereocenters. The number of nitrogens with zero attached hydrogens (tertiary/aromatic N) is 1. The van der Waals surface area contributed by atoms with Gasteiger partial charge < -0.3 is 10.6 Å². The summed E-state index contributed by atoms with van der Waals surface area (Å²) in [6, 6.07) is 0.707. The Labute approximate surface area is 77.1 Å². The summed E-state index contributed by atoms with van der Waals surface area (Å²) in [6.45, 7) is 9.98. The molecule has 0 aromatic carbocycles. The van der Waals surface area contributed by atoms with Gasteiger partial charge in [0, 0.05) is 6.04 Å². The zero-order chi connectivity index (χ0) is 9.40. The maximum Gasteiger partial charge on any atom is 0.00672 e. The number of rotatable bonds is 7. The largest absolute Gasteiger partial charge is 0.330 e. The molecule has 1 unspecified atom stereocenters. The zero-order valence-corrected chi connectivity index (χ0v) is 8.84. The summed E-state index contributed by atoms with van der Waals surface area (Å²) in [4.78, 5) is 2.52. The van der Waals surface area contributed by atoms with Crippen LogP contribution in [0, 0.1) is 0 Å². The lowest BCUT2D eigenvalue weighted by Crippen LogP contribution is -2.33. The van der Waals surface area contributed by atoms with Gasteiger partial charge in [0.15, 0.2) is 0 Å². The quantitative estimate of drug-likeness (QED) is 0.635. The van der Waals surface area contributed by atoms with E-state index in [0.29, 0.717) is 6.04 Å². The Bertz CT molecular complexity index is 93.8. The molecule has 2 N–H and O–H groups in total. The van der Waals surface area contributed by atoms with Crippen LogP contribution in [0.4, 0.5) is 0 Å². The van der Waals surface area contributed by atoms with Crippen LogP contribution in [-0.2, 0) is 0 Å². The summed E-state index contributed by atoms with van der Waals surface area (Å²) in [5.74, 6) is 0. The fraction of sp³-hybridized carbons (Fsp3) is 1.00. The first kappa shape index (κ1) is 11.9. The van der Waals surface area contributed by atoms with Crippen LogP contribution in [0.5, 0.6) is 0 Å². The van der Waals surface area contributed by atoms with Gasteiger partial charge in [0.05, 0.1) is 0 Å². The SMILES string of the molecule is CCCN(CC)C(C)CCCN. The van der Waals surface area contributed by atoms with Crippen molar-refractivity contribution in [2.24, 2.45) is 5.73 Å². The van der Waals surface area contributed by atoms with Crippen molar-refractivity contribution in [2.75, 3.05) is 19.6 Å². The van der Waals surface area contributed by atoms with Crippen LogP contribution in [0.15, 0.2) is 0 Å². The van der Waals surface area contributed by atoms with Gasteiger partial charge in [0.2, 0.25) is 0 Å². The molecule has 2 heteroatoms. The van der Waals surface area contributed by atoms with E-state index in [1.807, 2.05) is 0 Å². The minimum atomic E-state index is 0.707. The fourth-order valence-electron chi connectivity index (χ4n) is 1.57. The second-order valence-electron chi connectivity index (χ2n) is 3.41. The summed E-state index contributed by atoms with van der Waals surface area (Å²) in [5, 5.41) is 0. The first-order valence-electron chi connectivity index (χ1n) is 5.20. The molecule has 0 amide bonds. The van der Waals surface area contributed by atoms with Gasteiger partial charge in [-0.1, -0.05) is 13.8 Å². The van der Waals surface area contributed by atoms with Gasteiger partial charge in [-0.15, -0.1) is 0 Å². The fourth-order valence-corrected chi connectivity index (χ4v) is 1.57. The van der Waals surface area contributed by atoms with E-state index in [9.17, 15) is 0 Å². The molecule has 0 radical (unpaired) electrons. The first-order valence-corrected chi connectivity index (χ1v) is 5.20. The molecule has 2 nitrogen and oxygen atoms in total. The summed E-state index contributed by atoms with van der Waals surface area (Å²) in [7, 11) is 0. The molecule has 0 heterocycles. The third-order valence-electron chi connectivity index (χ3n) is 2.37. The topological polar surface area (TPSA) is 29.3 Å². The lowest BCUT2D eigenvalue weighted by Gasteiger charge is -2.27. The second-order valence-corrected chi connectivity index (χ2v) is 3.41. The third kappa shape index (κ3) is 4.73. The van der Waals surface area contributed by atoms with Crippen LogP contribution >= 0.6 is 0 Å². The van der Waals surface area contributed by atoms with Crippen molar-refractivity contribution < 1.29 is 0 Å². The molecule has 0 aromatic rings. The maximum absolute atomic E-state index is 5.47. The standard InChI is InChI=1S/C10H24N2/c1-4-9-12(5-2)10(3)7-6-8-11/h10H,4-9,11H2,1-3H3. The van der Waals surface area contributed by atoms with E-state index in [-0.39, 0.29) is 0 Å². The third-order valence-corrected chi connectivity index (χ3v) is 2.37. The van der Waals surface area contributed by atoms with Crippen LogP contribution in [0.2, 0.25) is 0 Å². The van der Waals surface area contributed by atoms with Gasteiger partial charge >= 0.3 is 0 Å². The molecule has 0 spiro atoms. The van der Waals surface area contributed by atoms with Crippen LogP contribution < -0.4 is 5.73 Å². The van der Waals surface area contributed by atoms with Crippen molar-refractivity contribution in [3.63, 3.8) is 0 Å². The van der Waals surface area contributed by atoms with Gasteiger partial charge in [0.25, 0.3) is 0 Å². The number of nitrogens with two attached hydrogens (primary N) is 1. The molecular formula is C10H24N2. The van der Waals surface area contributed by atoms with Crippen molar-refractivity contribution >= 4 is 0 Å². The number of hydrogen-bond acceptors (Lipinski definition) is 2. The molecule has 0 saturated heterocycles. The Morgan fingerprint density at radius 3 is 2.42 bits per heavy atom. The summed E-state index contributed by atoms with van der Waals surface area (Å²) in [6.07, 6.45) is 3.65. The smallest absolute Gasteiger partial charge is 0.00672 e. The van der Waals surface area contributed by atoms with E-state index in [1.54, 1.807) is 0 Å². The lowest BCUT2D eigenvalue weighted by molar-refractivity contribution is 0.208. The van der Waals surface area contributed by atoms with Gasteiger partial charge in [0.1, 0.15) is 0 Å². The van der Waals surface area contributed by atoms with E-state index in [2.05, 4.69) is 25.7 Å². The van der Waals surface area contributed by atoms with Crippen LogP contribution in [0.1, 0.15) is 40.0 Å². The monoisotopic (exact) mass is 172 g/mol. The van der Waals surface area contributed by atoms with Crippen molar-refractivity contribution in [2.45, 2.75) is 46.1 Å². The molecule has 0 aromatic heterocycles. The highest BCUT2D eigenvalue weighted by molar-refractivity contribution is 4.65. The Morgan fingerprint density at radius 2 is 2.00 bits per heavy atom.